The van der Waals surface area contributed by atoms with Crippen molar-refractivity contribution in [3.05, 3.63) is 192 Å². The summed E-state index contributed by atoms with van der Waals surface area (Å²) < 4.78 is 21.1. The van der Waals surface area contributed by atoms with E-state index in [4.69, 9.17) is 19.2 Å². The highest BCUT2D eigenvalue weighted by Crippen LogP contribution is 2.41. The lowest BCUT2D eigenvalue weighted by Gasteiger charge is -2.37. The average molecular weight is 1160 g/mol. The highest BCUT2D eigenvalue weighted by atomic mass is 16.6. The van der Waals surface area contributed by atoms with Crippen LogP contribution in [0.15, 0.2) is 158 Å². The van der Waals surface area contributed by atoms with Crippen LogP contribution in [0, 0.1) is 0 Å². The van der Waals surface area contributed by atoms with Crippen molar-refractivity contribution in [3.8, 4) is 5.75 Å². The van der Waals surface area contributed by atoms with E-state index in [1.165, 1.54) is 10.8 Å². The minimum atomic E-state index is -1.55. The first-order chi connectivity index (χ1) is 40.3. The molecule has 5 atom stereocenters. The SMILES string of the molecule is CC(C)(C)OC[C@H](NC(=O)[C@H](Cc1cn(C(=O)OC(C)(C)C)c2ccccc12)NC(=O)[C@H](Cc1cn(C(c2ccccc2)(c2ccccc2)c2ccccc2)cn1)NC(=O)[C@@H]1CCC(=O)N1)C(=O)N[C@@H](Cc1ccc(OC(C)(C)C)cc1)C(=O)O. The van der Waals surface area contributed by atoms with E-state index in [-0.39, 0.29) is 38.0 Å². The van der Waals surface area contributed by atoms with Gasteiger partial charge in [0, 0.05) is 43.5 Å². The first-order valence-electron chi connectivity index (χ1n) is 28.4. The Morgan fingerprint density at radius 3 is 1.67 bits per heavy atom. The highest BCUT2D eigenvalue weighted by molar-refractivity contribution is 5.98. The number of aliphatic carboxylic acids is 1. The third-order valence-electron chi connectivity index (χ3n) is 14.1. The Bertz CT molecular complexity index is 3390. The third-order valence-corrected chi connectivity index (χ3v) is 14.1. The number of carboxylic acid groups (broad SMARTS) is 1. The number of rotatable bonds is 22. The Morgan fingerprint density at radius 1 is 0.612 bits per heavy atom. The molecule has 0 radical (unpaired) electrons. The van der Waals surface area contributed by atoms with Crippen LogP contribution in [0.1, 0.15) is 109 Å². The molecule has 7 aromatic rings. The lowest BCUT2D eigenvalue weighted by molar-refractivity contribution is -0.143. The van der Waals surface area contributed by atoms with Crippen LogP contribution in [0.5, 0.6) is 5.75 Å². The topological polar surface area (TPSA) is 250 Å². The predicted octanol–water partition coefficient (Wildman–Crippen LogP) is 7.78. The normalized spacial score (nSPS) is 15.2. The fourth-order valence-electron chi connectivity index (χ4n) is 10.3. The number of carboxylic acids is 1. The summed E-state index contributed by atoms with van der Waals surface area (Å²) in [6, 6.07) is 36.6. The van der Waals surface area contributed by atoms with Gasteiger partial charge in [-0.15, -0.1) is 0 Å². The number of nitrogens with zero attached hydrogens (tertiary/aromatic N) is 3. The molecule has 8 rings (SSSR count). The molecule has 0 aliphatic carbocycles. The molecule has 0 spiro atoms. The van der Waals surface area contributed by atoms with E-state index in [2.05, 4.69) is 26.6 Å². The Hall–Kier alpha value is -9.10. The van der Waals surface area contributed by atoms with Crippen LogP contribution in [0.4, 0.5) is 4.79 Å². The smallest absolute Gasteiger partial charge is 0.419 e. The maximum Gasteiger partial charge on any atom is 0.419 e. The number of fused-ring (bicyclic) bond motifs is 1. The van der Waals surface area contributed by atoms with E-state index in [0.29, 0.717) is 33.5 Å². The zero-order chi connectivity index (χ0) is 61.3. The molecule has 1 aliphatic rings. The summed E-state index contributed by atoms with van der Waals surface area (Å²) in [4.78, 5) is 103. The van der Waals surface area contributed by atoms with Crippen molar-refractivity contribution in [2.24, 2.45) is 0 Å². The molecule has 19 nitrogen and oxygen atoms in total. The van der Waals surface area contributed by atoms with Crippen LogP contribution in [0.2, 0.25) is 0 Å². The van der Waals surface area contributed by atoms with E-state index in [1.54, 1.807) is 96.4 Å². The number of benzene rings is 5. The Morgan fingerprint density at radius 2 is 1.14 bits per heavy atom. The number of para-hydroxylation sites is 1. The van der Waals surface area contributed by atoms with Gasteiger partial charge in [-0.3, -0.25) is 28.5 Å². The summed E-state index contributed by atoms with van der Waals surface area (Å²) in [5, 5.41) is 24.8. The summed E-state index contributed by atoms with van der Waals surface area (Å²) in [6.45, 7) is 15.7. The van der Waals surface area contributed by atoms with Crippen molar-refractivity contribution in [2.45, 2.75) is 147 Å². The predicted molar refractivity (Wildman–Crippen MR) is 321 cm³/mol. The zero-order valence-electron chi connectivity index (χ0n) is 49.5. The maximum absolute atomic E-state index is 15.3. The van der Waals surface area contributed by atoms with Crippen LogP contribution < -0.4 is 31.3 Å². The number of carbonyl (C=O) groups is 7. The molecule has 2 aromatic heterocycles. The van der Waals surface area contributed by atoms with Crippen LogP contribution in [0.3, 0.4) is 0 Å². The highest BCUT2D eigenvalue weighted by Gasteiger charge is 2.40. The average Bonchev–Trinajstić information content (AvgIpc) is 2.52. The van der Waals surface area contributed by atoms with Gasteiger partial charge in [-0.05, 0) is 115 Å². The van der Waals surface area contributed by atoms with Crippen LogP contribution >= 0.6 is 0 Å². The lowest BCUT2D eigenvalue weighted by Crippen LogP contribution is -2.60. The minimum Gasteiger partial charge on any atom is -0.488 e. The molecule has 1 fully saturated rings. The van der Waals surface area contributed by atoms with E-state index in [0.717, 1.165) is 16.7 Å². The number of aromatic nitrogens is 3. The number of amides is 5. The van der Waals surface area contributed by atoms with Crippen molar-refractivity contribution in [1.29, 1.82) is 0 Å². The van der Waals surface area contributed by atoms with Gasteiger partial charge in [-0.25, -0.2) is 14.6 Å². The monoisotopic (exact) mass is 1160 g/mol. The lowest BCUT2D eigenvalue weighted by atomic mass is 9.77. The van der Waals surface area contributed by atoms with Gasteiger partial charge in [0.05, 0.1) is 29.7 Å². The Labute approximate surface area is 495 Å². The number of carbonyl (C=O) groups excluding carboxylic acids is 6. The second-order valence-electron chi connectivity index (χ2n) is 24.2. The fraction of sp³-hybridized carbons (Fsp3) is 0.364. The molecule has 0 saturated carbocycles. The summed E-state index contributed by atoms with van der Waals surface area (Å²) in [7, 11) is 0. The Balaban J connectivity index is 1.16. The molecular formula is C66H76N8O11. The van der Waals surface area contributed by atoms with Gasteiger partial charge < -0.3 is 50.5 Å². The summed E-state index contributed by atoms with van der Waals surface area (Å²) >= 11 is 0. The van der Waals surface area contributed by atoms with E-state index in [9.17, 15) is 29.1 Å². The molecule has 1 saturated heterocycles. The van der Waals surface area contributed by atoms with E-state index in [1.807, 2.05) is 123 Å². The number of hydrogen-bond acceptors (Lipinski definition) is 11. The molecule has 19 heteroatoms. The molecule has 3 heterocycles. The molecule has 1 aliphatic heterocycles. The number of hydrogen-bond donors (Lipinski definition) is 6. The maximum atomic E-state index is 15.3. The summed E-state index contributed by atoms with van der Waals surface area (Å²) in [5.74, 6) is -4.34. The van der Waals surface area contributed by atoms with Crippen molar-refractivity contribution in [2.75, 3.05) is 6.61 Å². The van der Waals surface area contributed by atoms with Crippen molar-refractivity contribution < 1.29 is 52.9 Å². The zero-order valence-corrected chi connectivity index (χ0v) is 49.5. The van der Waals surface area contributed by atoms with Gasteiger partial charge in [-0.1, -0.05) is 121 Å². The van der Waals surface area contributed by atoms with Crippen LogP contribution in [0.25, 0.3) is 10.9 Å². The van der Waals surface area contributed by atoms with Crippen molar-refractivity contribution in [1.82, 2.24) is 40.7 Å². The van der Waals surface area contributed by atoms with E-state index < -0.39 is 94.8 Å². The molecular weight excluding hydrogens is 1080 g/mol. The quantitative estimate of drug-likeness (QED) is 0.0356. The molecule has 6 N–H and O–H groups in total. The fourth-order valence-corrected chi connectivity index (χ4v) is 10.3. The standard InChI is InChI=1S/C66H76N8O11/c1-63(2,3)83-40-54(60(79)71-53(61(80)81)35-42-29-31-48(32-30-42)84-64(4,5)6)72-58(77)51(36-43-38-74(62(82)85-65(7,8)9)55-28-20-19-27-49(43)55)69-59(78)52(70-57(76)50-33-34-56(75)68-50)37-47-39-73(41-67-47)66(44-21-13-10-14-22-44,45-23-15-11-16-24-45)46-25-17-12-18-26-46/h10-32,38-39,41,50-54H,33-37,40H2,1-9H3,(H,68,75)(H,69,78)(H,70,76)(H,71,79)(H,72,77)(H,80,81)/t50-,51-,52-,53-,54-/m0/s1. The number of nitrogens with one attached hydrogen (secondary N) is 5. The van der Waals surface area contributed by atoms with E-state index >= 15 is 9.59 Å². The molecule has 0 unspecified atom stereocenters. The van der Waals surface area contributed by atoms with Crippen LogP contribution in [-0.2, 0) is 63.0 Å². The first-order valence-corrected chi connectivity index (χ1v) is 28.4. The Kier molecular flexibility index (Phi) is 19.1. The van der Waals surface area contributed by atoms with Crippen molar-refractivity contribution in [3.63, 3.8) is 0 Å². The van der Waals surface area contributed by atoms with Crippen LogP contribution in [-0.4, -0.2) is 114 Å². The molecule has 5 amide bonds. The summed E-state index contributed by atoms with van der Waals surface area (Å²) in [6.07, 6.45) is 3.96. The summed E-state index contributed by atoms with van der Waals surface area (Å²) in [5.41, 5.74) is 1.38. The van der Waals surface area contributed by atoms with Gasteiger partial charge in [-0.2, -0.15) is 0 Å². The molecule has 85 heavy (non-hydrogen) atoms. The van der Waals surface area contributed by atoms with Gasteiger partial charge in [0.1, 0.15) is 52.7 Å². The van der Waals surface area contributed by atoms with Crippen molar-refractivity contribution >= 4 is 52.5 Å². The van der Waals surface area contributed by atoms with Gasteiger partial charge in [0.25, 0.3) is 0 Å². The molecule has 446 valence electrons. The second-order valence-corrected chi connectivity index (χ2v) is 24.2. The number of ether oxygens (including phenoxy) is 3. The molecule has 0 bridgehead atoms. The largest absolute Gasteiger partial charge is 0.488 e. The second kappa shape index (κ2) is 26.2. The third kappa shape index (κ3) is 16.0. The van der Waals surface area contributed by atoms with Gasteiger partial charge in [0.15, 0.2) is 0 Å². The number of imidazole rings is 1. The van der Waals surface area contributed by atoms with Gasteiger partial charge >= 0.3 is 12.1 Å². The molecule has 5 aromatic carbocycles. The first kappa shape index (κ1) is 62.0. The van der Waals surface area contributed by atoms with Gasteiger partial charge in [0.2, 0.25) is 29.5 Å². The minimum absolute atomic E-state index is 0.0973.